The van der Waals surface area contributed by atoms with Crippen LogP contribution in [0.15, 0.2) is 24.3 Å². The number of alkyl halides is 3. The Balaban J connectivity index is 2.35. The predicted molar refractivity (Wildman–Crippen MR) is 71.3 cm³/mol. The number of halogens is 3. The molecular formula is C15H20F3NO. The van der Waals surface area contributed by atoms with E-state index in [1.807, 2.05) is 19.0 Å². The molecule has 1 unspecified atom stereocenters. The minimum Gasteiger partial charge on any atom is -0.386 e. The van der Waals surface area contributed by atoms with Crippen molar-refractivity contribution >= 4 is 0 Å². The maximum absolute atomic E-state index is 12.8. The summed E-state index contributed by atoms with van der Waals surface area (Å²) in [5, 5.41) is 10.6. The fraction of sp³-hybridized carbons (Fsp3) is 0.600. The number of likely N-dealkylation sites (N-methyl/N-ethyl adjacent to an activating group) is 1. The summed E-state index contributed by atoms with van der Waals surface area (Å²) >= 11 is 0. The van der Waals surface area contributed by atoms with Crippen LogP contribution in [0.2, 0.25) is 0 Å². The van der Waals surface area contributed by atoms with Gasteiger partial charge in [0, 0.05) is 0 Å². The fourth-order valence-electron chi connectivity index (χ4n) is 3.15. The Morgan fingerprint density at radius 1 is 1.20 bits per heavy atom. The van der Waals surface area contributed by atoms with Gasteiger partial charge < -0.3 is 10.0 Å². The second-order valence-corrected chi connectivity index (χ2v) is 5.73. The molecule has 1 fully saturated rings. The number of aliphatic hydroxyl groups excluding tert-OH is 1. The van der Waals surface area contributed by atoms with Gasteiger partial charge in [-0.2, -0.15) is 13.2 Å². The molecule has 0 bridgehead atoms. The average molecular weight is 287 g/mol. The van der Waals surface area contributed by atoms with E-state index in [4.69, 9.17) is 0 Å². The number of nitrogens with zero attached hydrogens (tertiary/aromatic N) is 1. The summed E-state index contributed by atoms with van der Waals surface area (Å²) in [6.45, 7) is 0. The lowest BCUT2D eigenvalue weighted by Gasteiger charge is -2.41. The van der Waals surface area contributed by atoms with Gasteiger partial charge in [0.15, 0.2) is 0 Å². The van der Waals surface area contributed by atoms with E-state index in [1.54, 1.807) is 6.07 Å². The SMILES string of the molecule is CN(C)C1(C(O)c2cccc(C(F)(F)F)c2)CCCC1. The van der Waals surface area contributed by atoms with Crippen LogP contribution >= 0.6 is 0 Å². The lowest BCUT2D eigenvalue weighted by atomic mass is 9.84. The molecule has 1 N–H and O–H groups in total. The topological polar surface area (TPSA) is 23.5 Å². The molecule has 2 rings (SSSR count). The minimum absolute atomic E-state index is 0.343. The molecule has 0 aliphatic heterocycles. The van der Waals surface area contributed by atoms with Crippen LogP contribution in [0.5, 0.6) is 0 Å². The zero-order chi connectivity index (χ0) is 15.0. The van der Waals surface area contributed by atoms with Crippen molar-refractivity contribution in [1.29, 1.82) is 0 Å². The van der Waals surface area contributed by atoms with Crippen LogP contribution in [-0.2, 0) is 6.18 Å². The summed E-state index contributed by atoms with van der Waals surface area (Å²) in [6, 6.07) is 5.03. The van der Waals surface area contributed by atoms with Crippen LogP contribution in [0.3, 0.4) is 0 Å². The zero-order valence-corrected chi connectivity index (χ0v) is 11.7. The monoisotopic (exact) mass is 287 g/mol. The second kappa shape index (κ2) is 5.37. The molecule has 1 aromatic rings. The third kappa shape index (κ3) is 2.69. The van der Waals surface area contributed by atoms with Crippen LogP contribution < -0.4 is 0 Å². The van der Waals surface area contributed by atoms with E-state index in [2.05, 4.69) is 0 Å². The number of aliphatic hydroxyl groups is 1. The van der Waals surface area contributed by atoms with Crippen molar-refractivity contribution in [1.82, 2.24) is 4.90 Å². The molecule has 1 aromatic carbocycles. The van der Waals surface area contributed by atoms with Gasteiger partial charge in [-0.05, 0) is 44.6 Å². The highest BCUT2D eigenvalue weighted by molar-refractivity contribution is 5.29. The normalized spacial score (nSPS) is 20.4. The largest absolute Gasteiger partial charge is 0.416 e. The quantitative estimate of drug-likeness (QED) is 0.918. The number of hydrogen-bond donors (Lipinski definition) is 1. The first-order chi connectivity index (χ1) is 9.27. The van der Waals surface area contributed by atoms with Gasteiger partial charge in [0.2, 0.25) is 0 Å². The summed E-state index contributed by atoms with van der Waals surface area (Å²) in [7, 11) is 3.75. The van der Waals surface area contributed by atoms with Crippen molar-refractivity contribution in [2.24, 2.45) is 0 Å². The molecule has 0 aromatic heterocycles. The Morgan fingerprint density at radius 2 is 1.80 bits per heavy atom. The molecule has 0 spiro atoms. The number of benzene rings is 1. The van der Waals surface area contributed by atoms with Crippen molar-refractivity contribution in [2.75, 3.05) is 14.1 Å². The number of rotatable bonds is 3. The fourth-order valence-corrected chi connectivity index (χ4v) is 3.15. The van der Waals surface area contributed by atoms with E-state index in [0.29, 0.717) is 5.56 Å². The average Bonchev–Trinajstić information content (AvgIpc) is 2.87. The lowest BCUT2D eigenvalue weighted by molar-refractivity contribution is -0.137. The van der Waals surface area contributed by atoms with E-state index in [-0.39, 0.29) is 0 Å². The van der Waals surface area contributed by atoms with Gasteiger partial charge in [0.05, 0.1) is 17.2 Å². The molecule has 1 aliphatic carbocycles. The molecule has 0 amide bonds. The Bertz CT molecular complexity index is 464. The van der Waals surface area contributed by atoms with Gasteiger partial charge in [-0.15, -0.1) is 0 Å². The van der Waals surface area contributed by atoms with E-state index < -0.39 is 23.4 Å². The Kier molecular flexibility index (Phi) is 4.12. The summed E-state index contributed by atoms with van der Waals surface area (Å²) in [5.74, 6) is 0. The van der Waals surface area contributed by atoms with E-state index >= 15 is 0 Å². The molecule has 0 heterocycles. The Labute approximate surface area is 117 Å². The standard InChI is InChI=1S/C15H20F3NO/c1-19(2)14(8-3-4-9-14)13(20)11-6-5-7-12(10-11)15(16,17)18/h5-7,10,13,20H,3-4,8-9H2,1-2H3. The van der Waals surface area contributed by atoms with Crippen LogP contribution in [0.4, 0.5) is 13.2 Å². The van der Waals surface area contributed by atoms with Crippen LogP contribution in [0, 0.1) is 0 Å². The van der Waals surface area contributed by atoms with Gasteiger partial charge in [0.1, 0.15) is 0 Å². The summed E-state index contributed by atoms with van der Waals surface area (Å²) in [5.41, 5.74) is -0.819. The highest BCUT2D eigenvalue weighted by Gasteiger charge is 2.43. The highest BCUT2D eigenvalue weighted by Crippen LogP contribution is 2.44. The first-order valence-electron chi connectivity index (χ1n) is 6.80. The lowest BCUT2D eigenvalue weighted by Crippen LogP contribution is -2.47. The minimum atomic E-state index is -4.38. The zero-order valence-electron chi connectivity index (χ0n) is 11.7. The summed E-state index contributed by atoms with van der Waals surface area (Å²) < 4.78 is 38.3. The molecule has 0 saturated heterocycles. The molecule has 1 saturated carbocycles. The Hall–Kier alpha value is -1.07. The van der Waals surface area contributed by atoms with Gasteiger partial charge in [-0.1, -0.05) is 25.0 Å². The molecule has 112 valence electrons. The molecule has 20 heavy (non-hydrogen) atoms. The maximum atomic E-state index is 12.8. The summed E-state index contributed by atoms with van der Waals surface area (Å²) in [6.07, 6.45) is -1.68. The van der Waals surface area contributed by atoms with Crippen molar-refractivity contribution < 1.29 is 18.3 Å². The van der Waals surface area contributed by atoms with E-state index in [9.17, 15) is 18.3 Å². The van der Waals surface area contributed by atoms with Gasteiger partial charge in [-0.3, -0.25) is 0 Å². The van der Waals surface area contributed by atoms with Crippen LogP contribution in [0.25, 0.3) is 0 Å². The van der Waals surface area contributed by atoms with Crippen LogP contribution in [0.1, 0.15) is 42.9 Å². The van der Waals surface area contributed by atoms with Crippen molar-refractivity contribution in [2.45, 2.75) is 43.5 Å². The molecule has 2 nitrogen and oxygen atoms in total. The smallest absolute Gasteiger partial charge is 0.386 e. The predicted octanol–water partition coefficient (Wildman–Crippen LogP) is 3.61. The molecule has 0 radical (unpaired) electrons. The molecule has 5 heteroatoms. The first kappa shape index (κ1) is 15.3. The van der Waals surface area contributed by atoms with Crippen molar-refractivity contribution in [3.63, 3.8) is 0 Å². The third-order valence-electron chi connectivity index (χ3n) is 4.40. The highest BCUT2D eigenvalue weighted by atomic mass is 19.4. The van der Waals surface area contributed by atoms with Gasteiger partial charge in [-0.25, -0.2) is 0 Å². The van der Waals surface area contributed by atoms with E-state index in [1.165, 1.54) is 6.07 Å². The van der Waals surface area contributed by atoms with Gasteiger partial charge in [0.25, 0.3) is 0 Å². The number of hydrogen-bond acceptors (Lipinski definition) is 2. The Morgan fingerprint density at radius 3 is 2.30 bits per heavy atom. The molecule has 1 atom stereocenters. The maximum Gasteiger partial charge on any atom is 0.416 e. The summed E-state index contributed by atoms with van der Waals surface area (Å²) in [4.78, 5) is 1.95. The molecule has 1 aliphatic rings. The molecular weight excluding hydrogens is 267 g/mol. The first-order valence-corrected chi connectivity index (χ1v) is 6.80. The van der Waals surface area contributed by atoms with Crippen molar-refractivity contribution in [3.8, 4) is 0 Å². The van der Waals surface area contributed by atoms with Crippen LogP contribution in [-0.4, -0.2) is 29.6 Å². The van der Waals surface area contributed by atoms with E-state index in [0.717, 1.165) is 37.8 Å². The van der Waals surface area contributed by atoms with Gasteiger partial charge >= 0.3 is 6.18 Å². The third-order valence-corrected chi connectivity index (χ3v) is 4.40. The van der Waals surface area contributed by atoms with Crippen molar-refractivity contribution in [3.05, 3.63) is 35.4 Å². The second-order valence-electron chi connectivity index (χ2n) is 5.73.